The third-order valence-corrected chi connectivity index (χ3v) is 5.63. The Bertz CT molecular complexity index is 1470. The lowest BCUT2D eigenvalue weighted by molar-refractivity contribution is 0.0948. The monoisotopic (exact) mass is 507 g/mol. The smallest absolute Gasteiger partial charge is 0.266 e. The van der Waals surface area contributed by atoms with Gasteiger partial charge in [-0.05, 0) is 62.5 Å². The number of nitrogens with zero attached hydrogens (tertiary/aromatic N) is 5. The predicted molar refractivity (Wildman–Crippen MR) is 136 cm³/mol. The highest BCUT2D eigenvalue weighted by atomic mass is 19.2. The van der Waals surface area contributed by atoms with Crippen molar-refractivity contribution in [1.29, 1.82) is 0 Å². The normalized spacial score (nSPS) is 11.2. The first-order valence-corrected chi connectivity index (χ1v) is 11.7. The van der Waals surface area contributed by atoms with Crippen molar-refractivity contribution in [3.63, 3.8) is 0 Å². The van der Waals surface area contributed by atoms with Crippen LogP contribution in [0.5, 0.6) is 0 Å². The van der Waals surface area contributed by atoms with Gasteiger partial charge in [0.05, 0.1) is 30.1 Å². The van der Waals surface area contributed by atoms with Crippen LogP contribution in [0.1, 0.15) is 27.9 Å². The van der Waals surface area contributed by atoms with Gasteiger partial charge in [0.25, 0.3) is 11.5 Å². The van der Waals surface area contributed by atoms with E-state index in [0.717, 1.165) is 42.7 Å². The second kappa shape index (κ2) is 11.7. The Morgan fingerprint density at radius 2 is 1.84 bits per heavy atom. The van der Waals surface area contributed by atoms with Gasteiger partial charge in [0.1, 0.15) is 11.4 Å². The van der Waals surface area contributed by atoms with Gasteiger partial charge in [0.2, 0.25) is 0 Å². The summed E-state index contributed by atoms with van der Waals surface area (Å²) < 4.78 is 27.9. The summed E-state index contributed by atoms with van der Waals surface area (Å²) in [5, 5.41) is 5.99. The molecule has 192 valence electrons. The molecule has 0 fully saturated rings. The van der Waals surface area contributed by atoms with Crippen LogP contribution in [0.25, 0.3) is 11.0 Å². The van der Waals surface area contributed by atoms with Crippen LogP contribution >= 0.6 is 0 Å². The number of halogens is 2. The summed E-state index contributed by atoms with van der Waals surface area (Å²) in [5.41, 5.74) is 1.80. The molecule has 0 aliphatic heterocycles. The Hall–Kier alpha value is -4.25. The van der Waals surface area contributed by atoms with E-state index in [0.29, 0.717) is 16.9 Å². The van der Waals surface area contributed by atoms with Crippen molar-refractivity contribution in [1.82, 2.24) is 29.7 Å². The summed E-state index contributed by atoms with van der Waals surface area (Å²) in [5.74, 6) is -1.92. The quantitative estimate of drug-likeness (QED) is 0.318. The highest BCUT2D eigenvalue weighted by Gasteiger charge is 2.14. The molecule has 0 saturated heterocycles. The number of carbonyl (C=O) groups excluding carboxylic acids is 1. The van der Waals surface area contributed by atoms with E-state index in [4.69, 9.17) is 0 Å². The molecule has 4 aromatic rings. The van der Waals surface area contributed by atoms with E-state index in [-0.39, 0.29) is 18.7 Å². The predicted octanol–water partition coefficient (Wildman–Crippen LogP) is 2.81. The highest BCUT2D eigenvalue weighted by Crippen LogP contribution is 2.15. The molecule has 0 radical (unpaired) electrons. The minimum atomic E-state index is -1.01. The zero-order valence-electron chi connectivity index (χ0n) is 20.5. The first-order chi connectivity index (χ1) is 17.8. The molecule has 0 bridgehead atoms. The Morgan fingerprint density at radius 3 is 2.62 bits per heavy atom. The fraction of sp³-hybridized carbons (Fsp3) is 0.269. The number of nitrogens with one attached hydrogen (secondary N) is 2. The molecule has 9 nitrogen and oxygen atoms in total. The average molecular weight is 508 g/mol. The van der Waals surface area contributed by atoms with Crippen molar-refractivity contribution >= 4 is 22.8 Å². The molecule has 2 aromatic carbocycles. The summed E-state index contributed by atoms with van der Waals surface area (Å²) in [6, 6.07) is 8.83. The van der Waals surface area contributed by atoms with Crippen molar-refractivity contribution < 1.29 is 13.6 Å². The van der Waals surface area contributed by atoms with Crippen molar-refractivity contribution in [2.24, 2.45) is 0 Å². The Kier molecular flexibility index (Phi) is 8.14. The molecular weight excluding hydrogens is 480 g/mol. The standard InChI is InChI=1S/C26H27F2N7O2/c1-34(2)9-3-8-30-24-14-31-22-7-5-17(11-23(22)33-24)12-32-25(36)19-13-29-16-35(26(19)37)15-18-4-6-20(27)21(28)10-18/h4-7,10-11,13-14,16H,3,8-9,12,15H2,1-2H3,(H,30,33)(H,32,36). The van der Waals surface area contributed by atoms with Gasteiger partial charge in [-0.2, -0.15) is 0 Å². The molecule has 2 N–H and O–H groups in total. The molecule has 0 spiro atoms. The minimum absolute atomic E-state index is 0.0565. The molecule has 0 aliphatic carbocycles. The van der Waals surface area contributed by atoms with Crippen LogP contribution in [0, 0.1) is 11.6 Å². The molecule has 4 rings (SSSR count). The van der Waals surface area contributed by atoms with E-state index in [9.17, 15) is 18.4 Å². The Labute approximate surface area is 212 Å². The second-order valence-corrected chi connectivity index (χ2v) is 8.83. The average Bonchev–Trinajstić information content (AvgIpc) is 2.88. The zero-order chi connectivity index (χ0) is 26.4. The van der Waals surface area contributed by atoms with Crippen LogP contribution in [-0.4, -0.2) is 57.5 Å². The van der Waals surface area contributed by atoms with E-state index in [2.05, 4.69) is 30.5 Å². The number of anilines is 1. The number of carbonyl (C=O) groups is 1. The largest absolute Gasteiger partial charge is 0.369 e. The van der Waals surface area contributed by atoms with Gasteiger partial charge >= 0.3 is 0 Å². The molecule has 0 atom stereocenters. The number of hydrogen-bond donors (Lipinski definition) is 2. The third-order valence-electron chi connectivity index (χ3n) is 5.63. The molecule has 1 amide bonds. The van der Waals surface area contributed by atoms with Gasteiger partial charge in [-0.1, -0.05) is 12.1 Å². The van der Waals surface area contributed by atoms with Gasteiger partial charge in [-0.15, -0.1) is 0 Å². The van der Waals surface area contributed by atoms with Crippen LogP contribution in [0.15, 0.2) is 59.9 Å². The molecular formula is C26H27F2N7O2. The number of hydrogen-bond acceptors (Lipinski definition) is 7. The number of aromatic nitrogens is 4. The summed E-state index contributed by atoms with van der Waals surface area (Å²) in [4.78, 5) is 40.6. The zero-order valence-corrected chi connectivity index (χ0v) is 20.5. The van der Waals surface area contributed by atoms with Gasteiger partial charge < -0.3 is 15.5 Å². The van der Waals surface area contributed by atoms with Crippen LogP contribution in [0.4, 0.5) is 14.6 Å². The molecule has 2 heterocycles. The van der Waals surface area contributed by atoms with E-state index < -0.39 is 23.1 Å². The number of rotatable bonds is 10. The first-order valence-electron chi connectivity index (χ1n) is 11.7. The number of benzene rings is 2. The van der Waals surface area contributed by atoms with E-state index in [1.165, 1.54) is 23.2 Å². The van der Waals surface area contributed by atoms with Crippen molar-refractivity contribution in [3.05, 3.63) is 93.8 Å². The lowest BCUT2D eigenvalue weighted by Crippen LogP contribution is -2.33. The molecule has 0 saturated carbocycles. The van der Waals surface area contributed by atoms with Gasteiger partial charge in [-0.3, -0.25) is 19.1 Å². The fourth-order valence-corrected chi connectivity index (χ4v) is 3.70. The maximum Gasteiger partial charge on any atom is 0.266 e. The van der Waals surface area contributed by atoms with Crippen molar-refractivity contribution in [2.75, 3.05) is 32.5 Å². The molecule has 0 unspecified atom stereocenters. The number of amides is 1. The minimum Gasteiger partial charge on any atom is -0.369 e. The molecule has 37 heavy (non-hydrogen) atoms. The van der Waals surface area contributed by atoms with Crippen LogP contribution in [0.3, 0.4) is 0 Å². The van der Waals surface area contributed by atoms with Crippen LogP contribution in [-0.2, 0) is 13.1 Å². The van der Waals surface area contributed by atoms with E-state index in [1.807, 2.05) is 32.3 Å². The number of fused-ring (bicyclic) bond motifs is 1. The summed E-state index contributed by atoms with van der Waals surface area (Å²) >= 11 is 0. The topological polar surface area (TPSA) is 105 Å². The van der Waals surface area contributed by atoms with Gasteiger partial charge in [0, 0.05) is 19.3 Å². The van der Waals surface area contributed by atoms with Gasteiger partial charge in [0.15, 0.2) is 11.6 Å². The summed E-state index contributed by atoms with van der Waals surface area (Å²) in [7, 11) is 4.05. The Balaban J connectivity index is 1.41. The maximum atomic E-state index is 13.5. The first kappa shape index (κ1) is 25.8. The second-order valence-electron chi connectivity index (χ2n) is 8.83. The molecule has 2 aromatic heterocycles. The van der Waals surface area contributed by atoms with Crippen LogP contribution < -0.4 is 16.2 Å². The third kappa shape index (κ3) is 6.70. The highest BCUT2D eigenvalue weighted by molar-refractivity contribution is 5.93. The lowest BCUT2D eigenvalue weighted by Gasteiger charge is -2.11. The maximum absolute atomic E-state index is 13.5. The van der Waals surface area contributed by atoms with Crippen molar-refractivity contribution in [2.45, 2.75) is 19.5 Å². The van der Waals surface area contributed by atoms with E-state index in [1.54, 1.807) is 6.20 Å². The lowest BCUT2D eigenvalue weighted by atomic mass is 10.2. The fourth-order valence-electron chi connectivity index (χ4n) is 3.70. The van der Waals surface area contributed by atoms with E-state index >= 15 is 0 Å². The Morgan fingerprint density at radius 1 is 1.03 bits per heavy atom. The van der Waals surface area contributed by atoms with Crippen LogP contribution in [0.2, 0.25) is 0 Å². The summed E-state index contributed by atoms with van der Waals surface area (Å²) in [6.07, 6.45) is 5.08. The van der Waals surface area contributed by atoms with Crippen molar-refractivity contribution in [3.8, 4) is 0 Å². The SMILES string of the molecule is CN(C)CCCNc1cnc2ccc(CNC(=O)c3cncn(Cc4ccc(F)c(F)c4)c3=O)cc2n1. The van der Waals surface area contributed by atoms with Gasteiger partial charge in [-0.25, -0.2) is 18.7 Å². The summed E-state index contributed by atoms with van der Waals surface area (Å²) in [6.45, 7) is 1.84. The molecule has 0 aliphatic rings. The molecule has 11 heteroatoms.